The number of benzene rings is 1. The summed E-state index contributed by atoms with van der Waals surface area (Å²) in [5.74, 6) is 0.0759. The van der Waals surface area contributed by atoms with Crippen LogP contribution >= 0.6 is 0 Å². The topological polar surface area (TPSA) is 51.0 Å². The van der Waals surface area contributed by atoms with Crippen LogP contribution in [0.5, 0.6) is 0 Å². The van der Waals surface area contributed by atoms with Crippen LogP contribution in [0.3, 0.4) is 0 Å². The molecule has 2 aromatic heterocycles. The average Bonchev–Trinajstić information content (AvgIpc) is 3.07. The van der Waals surface area contributed by atoms with Crippen LogP contribution in [0, 0.1) is 20.8 Å². The summed E-state index contributed by atoms with van der Waals surface area (Å²) in [4.78, 5) is 19.8. The molecule has 0 unspecified atom stereocenters. The Labute approximate surface area is 153 Å². The molecule has 3 aromatic rings. The van der Waals surface area contributed by atoms with Crippen molar-refractivity contribution in [1.82, 2.24) is 19.7 Å². The van der Waals surface area contributed by atoms with Gasteiger partial charge in [-0.2, -0.15) is 5.10 Å². The number of likely N-dealkylation sites (tertiary alicyclic amines) is 1. The molecule has 1 atom stereocenters. The van der Waals surface area contributed by atoms with Crippen LogP contribution in [0.15, 0.2) is 36.7 Å². The lowest BCUT2D eigenvalue weighted by Crippen LogP contribution is -2.41. The number of hydrogen-bond acceptors (Lipinski definition) is 3. The lowest BCUT2D eigenvalue weighted by Gasteiger charge is -2.33. The van der Waals surface area contributed by atoms with Gasteiger partial charge < -0.3 is 4.90 Å². The number of aromatic nitrogens is 3. The van der Waals surface area contributed by atoms with Gasteiger partial charge in [-0.1, -0.05) is 11.6 Å². The molecule has 1 fully saturated rings. The molecule has 0 spiro atoms. The van der Waals surface area contributed by atoms with Crippen LogP contribution in [-0.4, -0.2) is 38.7 Å². The van der Waals surface area contributed by atoms with E-state index in [0.29, 0.717) is 12.1 Å². The van der Waals surface area contributed by atoms with Crippen molar-refractivity contribution < 1.29 is 4.79 Å². The highest BCUT2D eigenvalue weighted by atomic mass is 16.2. The van der Waals surface area contributed by atoms with Crippen LogP contribution in [-0.2, 0) is 0 Å². The molecule has 1 aliphatic heterocycles. The number of fused-ring (bicyclic) bond motifs is 1. The maximum atomic E-state index is 13.2. The second kappa shape index (κ2) is 6.56. The van der Waals surface area contributed by atoms with Crippen molar-refractivity contribution in [1.29, 1.82) is 0 Å². The summed E-state index contributed by atoms with van der Waals surface area (Å²) in [6.07, 6.45) is 5.98. The van der Waals surface area contributed by atoms with Gasteiger partial charge in [-0.3, -0.25) is 14.5 Å². The normalized spacial score (nSPS) is 17.7. The quantitative estimate of drug-likeness (QED) is 0.707. The number of rotatable bonds is 2. The standard InChI is InChI=1S/C21H24N4O/c1-14-6-7-20-17(9-14)10-19(16(3)23-20)21(26)24-8-4-5-18(13-24)25-12-15(2)11-22-25/h6-7,9-12,18H,4-5,8,13H2,1-3H3/t18-/m0/s1. The van der Waals surface area contributed by atoms with Crippen molar-refractivity contribution in [2.24, 2.45) is 0 Å². The molecule has 26 heavy (non-hydrogen) atoms. The zero-order valence-corrected chi connectivity index (χ0v) is 15.6. The number of nitrogens with zero attached hydrogens (tertiary/aromatic N) is 4. The van der Waals surface area contributed by atoms with E-state index in [1.54, 1.807) is 0 Å². The minimum atomic E-state index is 0.0759. The zero-order chi connectivity index (χ0) is 18.3. The van der Waals surface area contributed by atoms with Gasteiger partial charge in [0, 0.05) is 24.7 Å². The number of pyridine rings is 1. The molecule has 1 aromatic carbocycles. The maximum Gasteiger partial charge on any atom is 0.255 e. The molecule has 0 aliphatic carbocycles. The lowest BCUT2D eigenvalue weighted by molar-refractivity contribution is 0.0672. The molecule has 5 heteroatoms. The SMILES string of the molecule is Cc1ccc2nc(C)c(C(=O)N3CCC[C@H](n4cc(C)cn4)C3)cc2c1. The Morgan fingerprint density at radius 3 is 2.77 bits per heavy atom. The van der Waals surface area contributed by atoms with Gasteiger partial charge in [0.25, 0.3) is 5.91 Å². The Balaban J connectivity index is 1.62. The van der Waals surface area contributed by atoms with E-state index in [9.17, 15) is 4.79 Å². The van der Waals surface area contributed by atoms with Gasteiger partial charge in [0.2, 0.25) is 0 Å². The van der Waals surface area contributed by atoms with Crippen molar-refractivity contribution in [2.75, 3.05) is 13.1 Å². The number of piperidine rings is 1. The minimum absolute atomic E-state index is 0.0759. The Hall–Kier alpha value is -2.69. The predicted molar refractivity (Wildman–Crippen MR) is 102 cm³/mol. The van der Waals surface area contributed by atoms with Gasteiger partial charge in [-0.05, 0) is 57.4 Å². The van der Waals surface area contributed by atoms with Gasteiger partial charge in [-0.25, -0.2) is 0 Å². The fourth-order valence-corrected chi connectivity index (χ4v) is 3.77. The first-order chi connectivity index (χ1) is 12.5. The maximum absolute atomic E-state index is 13.2. The Morgan fingerprint density at radius 1 is 1.15 bits per heavy atom. The van der Waals surface area contributed by atoms with Crippen LogP contribution in [0.1, 0.15) is 46.1 Å². The molecular weight excluding hydrogens is 324 g/mol. The number of carbonyl (C=O) groups is 1. The number of aryl methyl sites for hydroxylation is 3. The number of amides is 1. The summed E-state index contributed by atoms with van der Waals surface area (Å²) in [5, 5.41) is 5.46. The van der Waals surface area contributed by atoms with Crippen LogP contribution in [0.25, 0.3) is 10.9 Å². The number of carbonyl (C=O) groups excluding carboxylic acids is 1. The Morgan fingerprint density at radius 2 is 2.00 bits per heavy atom. The average molecular weight is 348 g/mol. The third-order valence-corrected chi connectivity index (χ3v) is 5.18. The number of hydrogen-bond donors (Lipinski definition) is 0. The fourth-order valence-electron chi connectivity index (χ4n) is 3.77. The van der Waals surface area contributed by atoms with Gasteiger partial charge in [0.05, 0.1) is 29.0 Å². The molecule has 0 saturated carbocycles. The van der Waals surface area contributed by atoms with Gasteiger partial charge >= 0.3 is 0 Å². The molecule has 0 radical (unpaired) electrons. The summed E-state index contributed by atoms with van der Waals surface area (Å²) in [6.45, 7) is 7.51. The van der Waals surface area contributed by atoms with Crippen LogP contribution < -0.4 is 0 Å². The molecule has 4 rings (SSSR count). The summed E-state index contributed by atoms with van der Waals surface area (Å²) in [6, 6.07) is 8.40. The lowest BCUT2D eigenvalue weighted by atomic mass is 10.0. The first-order valence-electron chi connectivity index (χ1n) is 9.19. The molecular formula is C21H24N4O. The Bertz CT molecular complexity index is 975. The van der Waals surface area contributed by atoms with E-state index in [1.165, 1.54) is 5.56 Å². The molecule has 3 heterocycles. The van der Waals surface area contributed by atoms with Crippen molar-refractivity contribution in [3.8, 4) is 0 Å². The second-order valence-corrected chi connectivity index (χ2v) is 7.36. The molecule has 1 saturated heterocycles. The van der Waals surface area contributed by atoms with Crippen molar-refractivity contribution in [3.63, 3.8) is 0 Å². The van der Waals surface area contributed by atoms with Gasteiger partial charge in [0.15, 0.2) is 0 Å². The van der Waals surface area contributed by atoms with Crippen molar-refractivity contribution in [3.05, 3.63) is 59.0 Å². The monoisotopic (exact) mass is 348 g/mol. The Kier molecular flexibility index (Phi) is 4.23. The van der Waals surface area contributed by atoms with Crippen molar-refractivity contribution in [2.45, 2.75) is 39.7 Å². The molecule has 1 aliphatic rings. The summed E-state index contributed by atoms with van der Waals surface area (Å²) < 4.78 is 2.00. The van der Waals surface area contributed by atoms with E-state index in [0.717, 1.165) is 41.5 Å². The third kappa shape index (κ3) is 3.09. The zero-order valence-electron chi connectivity index (χ0n) is 15.6. The van der Waals surface area contributed by atoms with Crippen molar-refractivity contribution >= 4 is 16.8 Å². The second-order valence-electron chi connectivity index (χ2n) is 7.36. The molecule has 0 N–H and O–H groups in total. The summed E-state index contributed by atoms with van der Waals surface area (Å²) in [5.41, 5.74) is 4.77. The van der Waals surface area contributed by atoms with Crippen LogP contribution in [0.4, 0.5) is 0 Å². The summed E-state index contributed by atoms with van der Waals surface area (Å²) >= 11 is 0. The first-order valence-corrected chi connectivity index (χ1v) is 9.19. The molecule has 134 valence electrons. The van der Waals surface area contributed by atoms with E-state index in [2.05, 4.69) is 35.3 Å². The largest absolute Gasteiger partial charge is 0.336 e. The highest BCUT2D eigenvalue weighted by Crippen LogP contribution is 2.25. The smallest absolute Gasteiger partial charge is 0.255 e. The molecule has 1 amide bonds. The third-order valence-electron chi connectivity index (χ3n) is 5.18. The van der Waals surface area contributed by atoms with E-state index < -0.39 is 0 Å². The van der Waals surface area contributed by atoms with Crippen LogP contribution in [0.2, 0.25) is 0 Å². The summed E-state index contributed by atoms with van der Waals surface area (Å²) in [7, 11) is 0. The van der Waals surface area contributed by atoms with E-state index in [4.69, 9.17) is 0 Å². The fraction of sp³-hybridized carbons (Fsp3) is 0.381. The minimum Gasteiger partial charge on any atom is -0.336 e. The molecule has 0 bridgehead atoms. The highest BCUT2D eigenvalue weighted by Gasteiger charge is 2.27. The van der Waals surface area contributed by atoms with E-state index in [-0.39, 0.29) is 11.9 Å². The van der Waals surface area contributed by atoms with E-state index >= 15 is 0 Å². The first kappa shape index (κ1) is 16.8. The predicted octanol–water partition coefficient (Wildman–Crippen LogP) is 3.83. The highest BCUT2D eigenvalue weighted by molar-refractivity contribution is 5.98. The van der Waals surface area contributed by atoms with E-state index in [1.807, 2.05) is 41.8 Å². The van der Waals surface area contributed by atoms with Gasteiger partial charge in [-0.15, -0.1) is 0 Å². The van der Waals surface area contributed by atoms with Gasteiger partial charge in [0.1, 0.15) is 0 Å². The molecule has 5 nitrogen and oxygen atoms in total.